The highest BCUT2D eigenvalue weighted by Gasteiger charge is 2.07. The molecule has 2 aromatic rings. The Labute approximate surface area is 118 Å². The molecule has 0 unspecified atom stereocenters. The van der Waals surface area contributed by atoms with E-state index < -0.39 is 0 Å². The number of nitriles is 1. The van der Waals surface area contributed by atoms with Crippen molar-refractivity contribution in [3.05, 3.63) is 57.6 Å². The van der Waals surface area contributed by atoms with Crippen molar-refractivity contribution >= 4 is 11.6 Å². The summed E-state index contributed by atoms with van der Waals surface area (Å²) < 4.78 is 5.86. The second kappa shape index (κ2) is 5.34. The van der Waals surface area contributed by atoms with Crippen molar-refractivity contribution in [3.8, 4) is 17.6 Å². The SMILES string of the molecule is Cc1cc(C)c(C)c(Oc2ccc(C#N)c(Cl)c2)c1. The fourth-order valence-corrected chi connectivity index (χ4v) is 2.10. The highest BCUT2D eigenvalue weighted by atomic mass is 35.5. The quantitative estimate of drug-likeness (QED) is 0.776. The molecule has 0 bridgehead atoms. The van der Waals surface area contributed by atoms with Gasteiger partial charge in [-0.1, -0.05) is 17.7 Å². The number of benzene rings is 2. The van der Waals surface area contributed by atoms with Crippen molar-refractivity contribution in [1.29, 1.82) is 5.26 Å². The molecule has 2 rings (SSSR count). The minimum atomic E-state index is 0.405. The molecule has 96 valence electrons. The van der Waals surface area contributed by atoms with Crippen LogP contribution in [-0.4, -0.2) is 0 Å². The van der Waals surface area contributed by atoms with Crippen LogP contribution in [0.25, 0.3) is 0 Å². The largest absolute Gasteiger partial charge is 0.457 e. The number of aryl methyl sites for hydroxylation is 2. The van der Waals surface area contributed by atoms with Crippen molar-refractivity contribution < 1.29 is 4.74 Å². The van der Waals surface area contributed by atoms with E-state index in [9.17, 15) is 0 Å². The van der Waals surface area contributed by atoms with Crippen LogP contribution in [0.3, 0.4) is 0 Å². The van der Waals surface area contributed by atoms with E-state index in [1.807, 2.05) is 26.0 Å². The lowest BCUT2D eigenvalue weighted by molar-refractivity contribution is 0.478. The Morgan fingerprint density at radius 1 is 1.11 bits per heavy atom. The van der Waals surface area contributed by atoms with Crippen molar-refractivity contribution in [2.75, 3.05) is 0 Å². The van der Waals surface area contributed by atoms with Gasteiger partial charge in [-0.2, -0.15) is 5.26 Å². The van der Waals surface area contributed by atoms with Crippen LogP contribution in [0.5, 0.6) is 11.5 Å². The third kappa shape index (κ3) is 2.89. The lowest BCUT2D eigenvalue weighted by atomic mass is 10.1. The number of halogens is 1. The minimum absolute atomic E-state index is 0.405. The molecule has 3 heteroatoms. The molecule has 0 N–H and O–H groups in total. The van der Waals surface area contributed by atoms with Crippen molar-refractivity contribution in [2.24, 2.45) is 0 Å². The van der Waals surface area contributed by atoms with Crippen molar-refractivity contribution in [3.63, 3.8) is 0 Å². The molecule has 0 aliphatic rings. The van der Waals surface area contributed by atoms with Crippen LogP contribution in [0.4, 0.5) is 0 Å². The van der Waals surface area contributed by atoms with Gasteiger partial charge < -0.3 is 4.74 Å². The van der Waals surface area contributed by atoms with Crippen LogP contribution in [0, 0.1) is 32.1 Å². The number of rotatable bonds is 2. The average molecular weight is 272 g/mol. The highest BCUT2D eigenvalue weighted by Crippen LogP contribution is 2.30. The summed E-state index contributed by atoms with van der Waals surface area (Å²) in [4.78, 5) is 0. The van der Waals surface area contributed by atoms with Gasteiger partial charge in [0.1, 0.15) is 17.6 Å². The smallest absolute Gasteiger partial charge is 0.130 e. The molecule has 0 aromatic heterocycles. The van der Waals surface area contributed by atoms with E-state index >= 15 is 0 Å². The van der Waals surface area contributed by atoms with Gasteiger partial charge in [0.15, 0.2) is 0 Å². The lowest BCUT2D eigenvalue weighted by Crippen LogP contribution is -1.92. The first-order chi connectivity index (χ1) is 9.01. The molecule has 0 aliphatic heterocycles. The van der Waals surface area contributed by atoms with Gasteiger partial charge >= 0.3 is 0 Å². The van der Waals surface area contributed by atoms with Gasteiger partial charge in [0.05, 0.1) is 10.6 Å². The van der Waals surface area contributed by atoms with E-state index in [0.717, 1.165) is 16.9 Å². The Morgan fingerprint density at radius 3 is 2.47 bits per heavy atom. The Morgan fingerprint density at radius 2 is 1.84 bits per heavy atom. The zero-order chi connectivity index (χ0) is 14.0. The Bertz CT molecular complexity index is 671. The Balaban J connectivity index is 2.37. The maximum atomic E-state index is 8.84. The van der Waals surface area contributed by atoms with Gasteiger partial charge in [-0.3, -0.25) is 0 Å². The van der Waals surface area contributed by atoms with Gasteiger partial charge in [-0.15, -0.1) is 0 Å². The second-order valence-corrected chi connectivity index (χ2v) is 4.97. The molecular formula is C16H14ClNO. The molecule has 19 heavy (non-hydrogen) atoms. The van der Waals surface area contributed by atoms with Crippen molar-refractivity contribution in [1.82, 2.24) is 0 Å². The zero-order valence-electron chi connectivity index (χ0n) is 11.1. The lowest BCUT2D eigenvalue weighted by Gasteiger charge is -2.12. The first-order valence-corrected chi connectivity index (χ1v) is 6.34. The summed E-state index contributed by atoms with van der Waals surface area (Å²) in [6.45, 7) is 6.11. The van der Waals surface area contributed by atoms with E-state index in [1.54, 1.807) is 18.2 Å². The molecule has 2 aromatic carbocycles. The molecule has 0 spiro atoms. The Hall–Kier alpha value is -1.98. The summed E-state index contributed by atoms with van der Waals surface area (Å²) in [6.07, 6.45) is 0. The van der Waals surface area contributed by atoms with Gasteiger partial charge in [-0.05, 0) is 55.7 Å². The van der Waals surface area contributed by atoms with E-state index in [1.165, 1.54) is 5.56 Å². The molecule has 0 saturated carbocycles. The van der Waals surface area contributed by atoms with Crippen molar-refractivity contribution in [2.45, 2.75) is 20.8 Å². The number of hydrogen-bond acceptors (Lipinski definition) is 2. The molecule has 0 radical (unpaired) electrons. The standard InChI is InChI=1S/C16H14ClNO/c1-10-6-11(2)12(3)16(7-10)19-14-5-4-13(9-18)15(17)8-14/h4-8H,1-3H3. The fraction of sp³-hybridized carbons (Fsp3) is 0.188. The Kier molecular flexibility index (Phi) is 3.78. The number of nitrogens with zero attached hydrogens (tertiary/aromatic N) is 1. The van der Waals surface area contributed by atoms with Gasteiger partial charge in [0.25, 0.3) is 0 Å². The normalized spacial score (nSPS) is 10.1. The summed E-state index contributed by atoms with van der Waals surface area (Å²) >= 11 is 6.00. The molecule has 2 nitrogen and oxygen atoms in total. The predicted molar refractivity (Wildman–Crippen MR) is 76.9 cm³/mol. The molecule has 0 amide bonds. The van der Waals surface area contributed by atoms with E-state index in [-0.39, 0.29) is 0 Å². The average Bonchev–Trinajstić information content (AvgIpc) is 2.35. The highest BCUT2D eigenvalue weighted by molar-refractivity contribution is 6.31. The van der Waals surface area contributed by atoms with Crippen LogP contribution < -0.4 is 4.74 Å². The molecule has 0 atom stereocenters. The summed E-state index contributed by atoms with van der Waals surface area (Å²) in [5, 5.41) is 9.25. The predicted octanol–water partition coefficient (Wildman–Crippen LogP) is 4.93. The van der Waals surface area contributed by atoms with Gasteiger partial charge in [0, 0.05) is 6.07 Å². The van der Waals surface area contributed by atoms with Crippen LogP contribution in [0.15, 0.2) is 30.3 Å². The topological polar surface area (TPSA) is 33.0 Å². The van der Waals surface area contributed by atoms with Crippen LogP contribution >= 0.6 is 11.6 Å². The maximum absolute atomic E-state index is 8.84. The van der Waals surface area contributed by atoms with Gasteiger partial charge in [-0.25, -0.2) is 0 Å². The van der Waals surface area contributed by atoms with Crippen LogP contribution in [0.2, 0.25) is 5.02 Å². The monoisotopic (exact) mass is 271 g/mol. The summed E-state index contributed by atoms with van der Waals surface area (Å²) in [5.41, 5.74) is 3.89. The minimum Gasteiger partial charge on any atom is -0.457 e. The third-order valence-electron chi connectivity index (χ3n) is 3.05. The molecule has 0 heterocycles. The first-order valence-electron chi connectivity index (χ1n) is 5.96. The molecule has 0 saturated heterocycles. The second-order valence-electron chi connectivity index (χ2n) is 4.56. The summed E-state index contributed by atoms with van der Waals surface area (Å²) in [5.74, 6) is 1.45. The zero-order valence-corrected chi connectivity index (χ0v) is 11.9. The number of ether oxygens (including phenoxy) is 1. The maximum Gasteiger partial charge on any atom is 0.130 e. The summed E-state index contributed by atoms with van der Waals surface area (Å²) in [7, 11) is 0. The van der Waals surface area contributed by atoms with Gasteiger partial charge in [0.2, 0.25) is 0 Å². The molecule has 0 aliphatic carbocycles. The molecular weight excluding hydrogens is 258 g/mol. The third-order valence-corrected chi connectivity index (χ3v) is 3.37. The van der Waals surface area contributed by atoms with E-state index in [4.69, 9.17) is 21.6 Å². The first kappa shape index (κ1) is 13.5. The van der Waals surface area contributed by atoms with Crippen LogP contribution in [0.1, 0.15) is 22.3 Å². The van der Waals surface area contributed by atoms with E-state index in [0.29, 0.717) is 16.3 Å². The molecule has 0 fully saturated rings. The number of hydrogen-bond donors (Lipinski definition) is 0. The van der Waals surface area contributed by atoms with Crippen LogP contribution in [-0.2, 0) is 0 Å². The summed E-state index contributed by atoms with van der Waals surface area (Å²) in [6, 6.07) is 11.2. The van der Waals surface area contributed by atoms with E-state index in [2.05, 4.69) is 13.0 Å². The fourth-order valence-electron chi connectivity index (χ4n) is 1.88.